The molecule has 3 rings (SSSR count). The van der Waals surface area contributed by atoms with E-state index in [0.29, 0.717) is 5.75 Å². The van der Waals surface area contributed by atoms with E-state index in [-0.39, 0.29) is 12.6 Å². The van der Waals surface area contributed by atoms with Crippen LogP contribution in [0.15, 0.2) is 48.5 Å². The second-order valence-electron chi connectivity index (χ2n) is 6.21. The summed E-state index contributed by atoms with van der Waals surface area (Å²) in [4.78, 5) is 12.1. The first-order valence-corrected chi connectivity index (χ1v) is 8.54. The number of hydrogen-bond donors (Lipinski definition) is 2. The number of carbonyl (C=O) groups is 1. The van der Waals surface area contributed by atoms with E-state index in [0.717, 1.165) is 42.4 Å². The molecule has 126 valence electrons. The highest BCUT2D eigenvalue weighted by Crippen LogP contribution is 2.28. The lowest BCUT2D eigenvalue weighted by atomic mass is 9.96. The first kappa shape index (κ1) is 16.5. The van der Waals surface area contributed by atoms with Gasteiger partial charge in [0.2, 0.25) is 0 Å². The third-order valence-corrected chi connectivity index (χ3v) is 4.47. The van der Waals surface area contributed by atoms with E-state index in [1.807, 2.05) is 30.3 Å². The summed E-state index contributed by atoms with van der Waals surface area (Å²) in [5.41, 5.74) is 2.67. The number of ether oxygens (including phenoxy) is 1. The molecule has 0 spiro atoms. The number of benzene rings is 2. The van der Waals surface area contributed by atoms with Crippen LogP contribution in [0.4, 0.5) is 4.79 Å². The van der Waals surface area contributed by atoms with Crippen molar-refractivity contribution in [3.05, 3.63) is 54.1 Å². The molecule has 0 aromatic heterocycles. The van der Waals surface area contributed by atoms with Gasteiger partial charge in [-0.3, -0.25) is 0 Å². The van der Waals surface area contributed by atoms with E-state index in [9.17, 15) is 9.90 Å². The minimum Gasteiger partial charge on any atom is -0.410 e. The highest BCUT2D eigenvalue weighted by molar-refractivity contribution is 5.73. The largest absolute Gasteiger partial charge is 0.412 e. The Morgan fingerprint density at radius 3 is 2.54 bits per heavy atom. The topological polar surface area (TPSA) is 58.6 Å². The fourth-order valence-electron chi connectivity index (χ4n) is 3.19. The average Bonchev–Trinajstić information content (AvgIpc) is 2.63. The van der Waals surface area contributed by atoms with Gasteiger partial charge >= 0.3 is 6.09 Å². The van der Waals surface area contributed by atoms with Crippen LogP contribution in [0.3, 0.4) is 0 Å². The van der Waals surface area contributed by atoms with Gasteiger partial charge < -0.3 is 15.2 Å². The van der Waals surface area contributed by atoms with Crippen molar-refractivity contribution in [1.82, 2.24) is 5.32 Å². The molecule has 2 aromatic carbocycles. The van der Waals surface area contributed by atoms with E-state index in [1.165, 1.54) is 6.42 Å². The van der Waals surface area contributed by atoms with Gasteiger partial charge in [-0.25, -0.2) is 4.79 Å². The van der Waals surface area contributed by atoms with Crippen LogP contribution in [0.2, 0.25) is 0 Å². The number of amides is 1. The molecule has 4 heteroatoms. The molecule has 0 heterocycles. The molecule has 0 atom stereocenters. The van der Waals surface area contributed by atoms with Gasteiger partial charge in [0.05, 0.1) is 6.61 Å². The predicted molar refractivity (Wildman–Crippen MR) is 93.8 cm³/mol. The normalized spacial score (nSPS) is 15.0. The Morgan fingerprint density at radius 1 is 1.08 bits per heavy atom. The minimum atomic E-state index is -0.405. The van der Waals surface area contributed by atoms with Gasteiger partial charge in [-0.1, -0.05) is 55.7 Å². The van der Waals surface area contributed by atoms with Crippen molar-refractivity contribution in [2.24, 2.45) is 0 Å². The van der Waals surface area contributed by atoms with Crippen molar-refractivity contribution in [2.45, 2.75) is 44.8 Å². The Labute approximate surface area is 142 Å². The van der Waals surface area contributed by atoms with Crippen LogP contribution >= 0.6 is 0 Å². The maximum Gasteiger partial charge on any atom is 0.412 e. The van der Waals surface area contributed by atoms with Gasteiger partial charge in [0.15, 0.2) is 0 Å². The number of nitrogens with one attached hydrogen (secondary N) is 1. The minimum absolute atomic E-state index is 0.0568. The Balaban J connectivity index is 1.73. The highest BCUT2D eigenvalue weighted by atomic mass is 16.6. The lowest BCUT2D eigenvalue weighted by molar-refractivity contribution is 0.192. The highest BCUT2D eigenvalue weighted by Gasteiger charge is 2.17. The van der Waals surface area contributed by atoms with Gasteiger partial charge in [-0.15, -0.1) is 0 Å². The number of aliphatic hydroxyl groups excluding tert-OH is 1. The molecule has 1 aliphatic rings. The smallest absolute Gasteiger partial charge is 0.410 e. The van der Waals surface area contributed by atoms with Gasteiger partial charge in [-0.2, -0.15) is 0 Å². The second kappa shape index (κ2) is 7.97. The van der Waals surface area contributed by atoms with Crippen LogP contribution in [-0.2, 0) is 6.61 Å². The van der Waals surface area contributed by atoms with Gasteiger partial charge in [-0.05, 0) is 41.7 Å². The number of aliphatic hydroxyl groups is 1. The zero-order valence-electron chi connectivity index (χ0n) is 13.7. The third-order valence-electron chi connectivity index (χ3n) is 4.47. The molecule has 0 unspecified atom stereocenters. The molecular formula is C20H23NO3. The van der Waals surface area contributed by atoms with Gasteiger partial charge in [0.1, 0.15) is 5.75 Å². The summed E-state index contributed by atoms with van der Waals surface area (Å²) in [7, 11) is 0. The first-order chi connectivity index (χ1) is 11.8. The third kappa shape index (κ3) is 4.15. The SMILES string of the molecule is O=C(NC1CCCCC1)Oc1ccc(CO)c(-c2ccccc2)c1. The van der Waals surface area contributed by atoms with Gasteiger partial charge in [0, 0.05) is 6.04 Å². The van der Waals surface area contributed by atoms with Crippen LogP contribution in [0.25, 0.3) is 11.1 Å². The quantitative estimate of drug-likeness (QED) is 0.882. The number of carbonyl (C=O) groups excluding carboxylic acids is 1. The van der Waals surface area contributed by atoms with Crippen LogP contribution in [0.1, 0.15) is 37.7 Å². The molecule has 1 aliphatic carbocycles. The van der Waals surface area contributed by atoms with E-state index in [4.69, 9.17) is 4.74 Å². The molecular weight excluding hydrogens is 302 g/mol. The summed E-state index contributed by atoms with van der Waals surface area (Å²) in [5.74, 6) is 0.486. The predicted octanol–water partition coefficient (Wildman–Crippen LogP) is 4.27. The Kier molecular flexibility index (Phi) is 5.49. The lowest BCUT2D eigenvalue weighted by Gasteiger charge is -2.22. The van der Waals surface area contributed by atoms with Crippen molar-refractivity contribution < 1.29 is 14.6 Å². The van der Waals surface area contributed by atoms with E-state index in [1.54, 1.807) is 18.2 Å². The molecule has 2 N–H and O–H groups in total. The van der Waals surface area contributed by atoms with Crippen molar-refractivity contribution in [3.8, 4) is 16.9 Å². The van der Waals surface area contributed by atoms with E-state index >= 15 is 0 Å². The summed E-state index contributed by atoms with van der Waals surface area (Å²) >= 11 is 0. The zero-order valence-corrected chi connectivity index (χ0v) is 13.7. The fraction of sp³-hybridized carbons (Fsp3) is 0.350. The first-order valence-electron chi connectivity index (χ1n) is 8.54. The molecule has 0 bridgehead atoms. The monoisotopic (exact) mass is 325 g/mol. The standard InChI is InChI=1S/C20H23NO3/c22-14-16-11-12-18(13-19(16)15-7-3-1-4-8-15)24-20(23)21-17-9-5-2-6-10-17/h1,3-4,7-8,11-13,17,22H,2,5-6,9-10,14H2,(H,21,23). The molecule has 1 saturated carbocycles. The molecule has 24 heavy (non-hydrogen) atoms. The molecule has 0 aliphatic heterocycles. The Bertz CT molecular complexity index is 679. The van der Waals surface area contributed by atoms with Crippen molar-refractivity contribution in [3.63, 3.8) is 0 Å². The molecule has 4 nitrogen and oxygen atoms in total. The van der Waals surface area contributed by atoms with Crippen molar-refractivity contribution in [2.75, 3.05) is 0 Å². The Morgan fingerprint density at radius 2 is 1.83 bits per heavy atom. The van der Waals surface area contributed by atoms with Crippen molar-refractivity contribution in [1.29, 1.82) is 0 Å². The van der Waals surface area contributed by atoms with E-state index < -0.39 is 6.09 Å². The maximum absolute atomic E-state index is 12.1. The zero-order chi connectivity index (χ0) is 16.8. The fourth-order valence-corrected chi connectivity index (χ4v) is 3.19. The summed E-state index contributed by atoms with van der Waals surface area (Å²) in [6, 6.07) is 15.3. The van der Waals surface area contributed by atoms with Crippen LogP contribution in [-0.4, -0.2) is 17.2 Å². The van der Waals surface area contributed by atoms with E-state index in [2.05, 4.69) is 5.32 Å². The number of hydrogen-bond acceptors (Lipinski definition) is 3. The molecule has 0 radical (unpaired) electrons. The summed E-state index contributed by atoms with van der Waals surface area (Å²) in [6.45, 7) is -0.0568. The number of rotatable bonds is 4. The lowest BCUT2D eigenvalue weighted by Crippen LogP contribution is -2.38. The van der Waals surface area contributed by atoms with Crippen LogP contribution in [0.5, 0.6) is 5.75 Å². The molecule has 1 amide bonds. The van der Waals surface area contributed by atoms with Gasteiger partial charge in [0.25, 0.3) is 0 Å². The summed E-state index contributed by atoms with van der Waals surface area (Å²) in [6.07, 6.45) is 5.21. The Hall–Kier alpha value is -2.33. The molecule has 0 saturated heterocycles. The second-order valence-corrected chi connectivity index (χ2v) is 6.21. The average molecular weight is 325 g/mol. The van der Waals surface area contributed by atoms with Crippen LogP contribution in [0, 0.1) is 0 Å². The molecule has 1 fully saturated rings. The molecule has 2 aromatic rings. The van der Waals surface area contributed by atoms with Crippen molar-refractivity contribution >= 4 is 6.09 Å². The maximum atomic E-state index is 12.1. The summed E-state index contributed by atoms with van der Waals surface area (Å²) in [5, 5.41) is 12.5. The van der Waals surface area contributed by atoms with Crippen LogP contribution < -0.4 is 10.1 Å². The summed E-state index contributed by atoms with van der Waals surface area (Å²) < 4.78 is 5.45.